The van der Waals surface area contributed by atoms with Gasteiger partial charge in [0.1, 0.15) is 17.8 Å². The van der Waals surface area contributed by atoms with Crippen molar-refractivity contribution in [3.05, 3.63) is 48.1 Å². The van der Waals surface area contributed by atoms with E-state index >= 15 is 0 Å². The Labute approximate surface area is 177 Å². The Balaban J connectivity index is 1.49. The van der Waals surface area contributed by atoms with Gasteiger partial charge in [-0.3, -0.25) is 4.68 Å². The molecular formula is C21H22N8O2. The standard InChI is InChI=1S/C21H22N8O2/c1-28-18-13(9-22)6-15(7-14(18)10-25-28)26-19-16-8-17(27-20(16)24-11-23-19)12-2-4-29(5-3-12)21(30)31/h2,6-8,10-11H,3-5,9,22H2,1H3,(H,30,31)(H2,23,24,26,27). The van der Waals surface area contributed by atoms with Crippen LogP contribution in [-0.4, -0.2) is 53.9 Å². The quantitative estimate of drug-likeness (QED) is 0.400. The third-order valence-corrected chi connectivity index (χ3v) is 5.65. The summed E-state index contributed by atoms with van der Waals surface area (Å²) in [7, 11) is 1.90. The van der Waals surface area contributed by atoms with Crippen molar-refractivity contribution in [3.8, 4) is 0 Å². The first-order valence-electron chi connectivity index (χ1n) is 9.96. The zero-order valence-electron chi connectivity index (χ0n) is 17.0. The number of hydrogen-bond donors (Lipinski definition) is 4. The number of nitrogens with one attached hydrogen (secondary N) is 2. The number of aromatic nitrogens is 5. The fourth-order valence-electron chi connectivity index (χ4n) is 4.08. The van der Waals surface area contributed by atoms with Crippen LogP contribution in [-0.2, 0) is 13.6 Å². The van der Waals surface area contributed by atoms with E-state index in [0.717, 1.165) is 44.5 Å². The molecule has 0 radical (unpaired) electrons. The molecule has 0 atom stereocenters. The van der Waals surface area contributed by atoms with Gasteiger partial charge in [0, 0.05) is 43.4 Å². The molecule has 5 N–H and O–H groups in total. The van der Waals surface area contributed by atoms with Crippen molar-refractivity contribution in [3.63, 3.8) is 0 Å². The van der Waals surface area contributed by atoms with E-state index in [1.54, 1.807) is 0 Å². The van der Waals surface area contributed by atoms with E-state index < -0.39 is 6.09 Å². The summed E-state index contributed by atoms with van der Waals surface area (Å²) in [5.41, 5.74) is 11.6. The SMILES string of the molecule is Cn1ncc2cc(Nc3ncnc4[nH]c(C5=CCN(C(=O)O)CC5)cc34)cc(CN)c21. The maximum absolute atomic E-state index is 11.1. The monoisotopic (exact) mass is 418 g/mol. The van der Waals surface area contributed by atoms with Gasteiger partial charge in [-0.25, -0.2) is 14.8 Å². The molecule has 10 nitrogen and oxygen atoms in total. The number of rotatable bonds is 4. The summed E-state index contributed by atoms with van der Waals surface area (Å²) in [6.07, 6.45) is 5.02. The summed E-state index contributed by atoms with van der Waals surface area (Å²) in [5.74, 6) is 0.683. The van der Waals surface area contributed by atoms with Gasteiger partial charge in [-0.05, 0) is 35.8 Å². The van der Waals surface area contributed by atoms with Gasteiger partial charge in [0.05, 0.1) is 17.1 Å². The highest BCUT2D eigenvalue weighted by molar-refractivity contribution is 5.93. The van der Waals surface area contributed by atoms with Crippen molar-refractivity contribution in [1.82, 2.24) is 29.6 Å². The predicted molar refractivity (Wildman–Crippen MR) is 118 cm³/mol. The van der Waals surface area contributed by atoms with Crippen LogP contribution in [0.2, 0.25) is 0 Å². The third kappa shape index (κ3) is 3.36. The average Bonchev–Trinajstić information content (AvgIpc) is 3.38. The lowest BCUT2D eigenvalue weighted by Crippen LogP contribution is -2.33. The molecule has 31 heavy (non-hydrogen) atoms. The Bertz CT molecular complexity index is 1340. The minimum absolute atomic E-state index is 0.379. The number of carbonyl (C=O) groups is 1. The lowest BCUT2D eigenvalue weighted by atomic mass is 10.1. The number of aryl methyl sites for hydroxylation is 1. The second kappa shape index (κ2) is 7.40. The lowest BCUT2D eigenvalue weighted by Gasteiger charge is -2.23. The summed E-state index contributed by atoms with van der Waals surface area (Å²) in [6.45, 7) is 1.25. The van der Waals surface area contributed by atoms with Gasteiger partial charge in [0.25, 0.3) is 0 Å². The van der Waals surface area contributed by atoms with Crippen molar-refractivity contribution in [2.24, 2.45) is 12.8 Å². The van der Waals surface area contributed by atoms with E-state index in [4.69, 9.17) is 10.8 Å². The number of amides is 1. The van der Waals surface area contributed by atoms with E-state index in [9.17, 15) is 4.79 Å². The minimum Gasteiger partial charge on any atom is -0.465 e. The number of fused-ring (bicyclic) bond motifs is 2. The first-order chi connectivity index (χ1) is 15.0. The predicted octanol–water partition coefficient (Wildman–Crippen LogP) is 2.81. The number of anilines is 2. The fraction of sp³-hybridized carbons (Fsp3) is 0.238. The summed E-state index contributed by atoms with van der Waals surface area (Å²) in [5, 5.41) is 18.7. The largest absolute Gasteiger partial charge is 0.465 e. The van der Waals surface area contributed by atoms with Gasteiger partial charge in [-0.1, -0.05) is 6.08 Å². The zero-order chi connectivity index (χ0) is 21.5. The number of nitrogens with zero attached hydrogens (tertiary/aromatic N) is 5. The molecule has 4 heterocycles. The van der Waals surface area contributed by atoms with Gasteiger partial charge in [0.15, 0.2) is 0 Å². The lowest BCUT2D eigenvalue weighted by molar-refractivity contribution is 0.150. The molecule has 1 aliphatic rings. The highest BCUT2D eigenvalue weighted by Gasteiger charge is 2.19. The number of carboxylic acid groups (broad SMARTS) is 1. The Hall–Kier alpha value is -3.92. The molecule has 0 saturated heterocycles. The first-order valence-corrected chi connectivity index (χ1v) is 9.96. The molecule has 4 aromatic rings. The van der Waals surface area contributed by atoms with Gasteiger partial charge >= 0.3 is 6.09 Å². The Morgan fingerprint density at radius 1 is 1.32 bits per heavy atom. The Morgan fingerprint density at radius 3 is 2.94 bits per heavy atom. The molecule has 0 spiro atoms. The number of nitrogens with two attached hydrogens (primary N) is 1. The van der Waals surface area contributed by atoms with Crippen LogP contribution in [0.5, 0.6) is 0 Å². The first kappa shape index (κ1) is 19.1. The molecule has 0 aliphatic carbocycles. The summed E-state index contributed by atoms with van der Waals surface area (Å²) < 4.78 is 1.83. The highest BCUT2D eigenvalue weighted by Crippen LogP contribution is 2.30. The van der Waals surface area contributed by atoms with Crippen molar-refractivity contribution < 1.29 is 9.90 Å². The Morgan fingerprint density at radius 2 is 2.19 bits per heavy atom. The molecule has 0 fully saturated rings. The van der Waals surface area contributed by atoms with Crippen LogP contribution in [0.25, 0.3) is 27.5 Å². The maximum Gasteiger partial charge on any atom is 0.407 e. The van der Waals surface area contributed by atoms with Crippen molar-refractivity contribution in [2.45, 2.75) is 13.0 Å². The van der Waals surface area contributed by atoms with Gasteiger partial charge < -0.3 is 26.0 Å². The molecule has 3 aromatic heterocycles. The van der Waals surface area contributed by atoms with Gasteiger partial charge in [-0.2, -0.15) is 5.10 Å². The topological polar surface area (TPSA) is 138 Å². The molecule has 0 saturated carbocycles. The molecule has 10 heteroatoms. The number of benzene rings is 1. The fourth-order valence-corrected chi connectivity index (χ4v) is 4.08. The van der Waals surface area contributed by atoms with Gasteiger partial charge in [-0.15, -0.1) is 0 Å². The molecule has 1 aliphatic heterocycles. The number of hydrogen-bond acceptors (Lipinski definition) is 6. The average molecular weight is 418 g/mol. The third-order valence-electron chi connectivity index (χ3n) is 5.65. The van der Waals surface area contributed by atoms with E-state index in [2.05, 4.69) is 25.4 Å². The zero-order valence-corrected chi connectivity index (χ0v) is 17.0. The van der Waals surface area contributed by atoms with Crippen LogP contribution in [0, 0.1) is 0 Å². The number of H-pyrrole nitrogens is 1. The summed E-state index contributed by atoms with van der Waals surface area (Å²) in [4.78, 5) is 24.7. The maximum atomic E-state index is 11.1. The molecule has 0 bridgehead atoms. The van der Waals surface area contributed by atoms with Crippen LogP contribution in [0.4, 0.5) is 16.3 Å². The van der Waals surface area contributed by atoms with Crippen LogP contribution in [0.15, 0.2) is 36.8 Å². The van der Waals surface area contributed by atoms with E-state index in [1.165, 1.54) is 11.2 Å². The molecule has 158 valence electrons. The molecule has 5 rings (SSSR count). The molecule has 1 aromatic carbocycles. The van der Waals surface area contributed by atoms with Crippen molar-refractivity contribution >= 4 is 45.1 Å². The number of aromatic amines is 1. The van der Waals surface area contributed by atoms with Crippen LogP contribution in [0.1, 0.15) is 17.7 Å². The minimum atomic E-state index is -0.897. The van der Waals surface area contributed by atoms with Crippen LogP contribution < -0.4 is 11.1 Å². The van der Waals surface area contributed by atoms with Gasteiger partial charge in [0.2, 0.25) is 0 Å². The molecule has 0 unspecified atom stereocenters. The Kier molecular flexibility index (Phi) is 4.55. The van der Waals surface area contributed by atoms with E-state index in [-0.39, 0.29) is 0 Å². The van der Waals surface area contributed by atoms with Crippen molar-refractivity contribution in [1.29, 1.82) is 0 Å². The van der Waals surface area contributed by atoms with Crippen molar-refractivity contribution in [2.75, 3.05) is 18.4 Å². The highest BCUT2D eigenvalue weighted by atomic mass is 16.4. The second-order valence-electron chi connectivity index (χ2n) is 7.55. The molecule has 1 amide bonds. The van der Waals surface area contributed by atoms with E-state index in [1.807, 2.05) is 42.2 Å². The summed E-state index contributed by atoms with van der Waals surface area (Å²) >= 11 is 0. The van der Waals surface area contributed by atoms with Crippen LogP contribution in [0.3, 0.4) is 0 Å². The molecular weight excluding hydrogens is 396 g/mol. The van der Waals surface area contributed by atoms with E-state index in [0.29, 0.717) is 31.9 Å². The smallest absolute Gasteiger partial charge is 0.407 e. The van der Waals surface area contributed by atoms with Crippen LogP contribution >= 0.6 is 0 Å². The normalized spacial score (nSPS) is 14.3. The second-order valence-corrected chi connectivity index (χ2v) is 7.55. The summed E-state index contributed by atoms with van der Waals surface area (Å²) in [6, 6.07) is 6.04.